The van der Waals surface area contributed by atoms with Gasteiger partial charge in [-0.1, -0.05) is 75.1 Å². The molecule has 1 aliphatic rings. The summed E-state index contributed by atoms with van der Waals surface area (Å²) in [6.07, 6.45) is 9.50. The summed E-state index contributed by atoms with van der Waals surface area (Å²) < 4.78 is 0. The summed E-state index contributed by atoms with van der Waals surface area (Å²) in [5.41, 5.74) is 4.35. The van der Waals surface area contributed by atoms with E-state index in [0.29, 0.717) is 24.6 Å². The largest absolute Gasteiger partial charge is 0.507 e. The molecule has 0 aliphatic heterocycles. The number of nitrogens with zero attached hydrogens (tertiary/aromatic N) is 1. The van der Waals surface area contributed by atoms with Crippen LogP contribution in [0.5, 0.6) is 5.75 Å². The van der Waals surface area contributed by atoms with Crippen molar-refractivity contribution in [2.24, 2.45) is 5.92 Å². The Labute approximate surface area is 231 Å². The number of rotatable bonds is 10. The molecular weight excluding hydrogens is 486 g/mol. The van der Waals surface area contributed by atoms with E-state index in [-0.39, 0.29) is 17.2 Å². The summed E-state index contributed by atoms with van der Waals surface area (Å²) in [6.45, 7) is 2.50. The van der Waals surface area contributed by atoms with Crippen LogP contribution in [0.4, 0.5) is 5.69 Å². The van der Waals surface area contributed by atoms with Crippen molar-refractivity contribution in [1.29, 1.82) is 0 Å². The zero-order valence-corrected chi connectivity index (χ0v) is 22.7. The predicted molar refractivity (Wildman–Crippen MR) is 155 cm³/mol. The van der Waals surface area contributed by atoms with E-state index in [4.69, 9.17) is 0 Å². The Morgan fingerprint density at radius 1 is 0.897 bits per heavy atom. The van der Waals surface area contributed by atoms with E-state index in [0.717, 1.165) is 29.5 Å². The number of anilines is 1. The molecule has 0 aromatic heterocycles. The van der Waals surface area contributed by atoms with E-state index in [9.17, 15) is 19.8 Å². The van der Waals surface area contributed by atoms with Gasteiger partial charge in [0.05, 0.1) is 6.54 Å². The molecule has 1 aliphatic carbocycles. The van der Waals surface area contributed by atoms with Crippen LogP contribution in [-0.2, 0) is 17.8 Å². The Morgan fingerprint density at radius 2 is 1.51 bits per heavy atom. The van der Waals surface area contributed by atoms with Gasteiger partial charge in [-0.3, -0.25) is 4.79 Å². The summed E-state index contributed by atoms with van der Waals surface area (Å²) in [6, 6.07) is 20.5. The van der Waals surface area contributed by atoms with Crippen molar-refractivity contribution < 1.29 is 19.8 Å². The molecule has 1 fully saturated rings. The molecule has 4 rings (SSSR count). The maximum atomic E-state index is 13.4. The highest BCUT2D eigenvalue weighted by molar-refractivity contribution is 5.97. The fourth-order valence-electron chi connectivity index (χ4n) is 5.10. The molecule has 0 atom stereocenters. The topological polar surface area (TPSA) is 77.8 Å². The molecule has 0 radical (unpaired) electrons. The summed E-state index contributed by atoms with van der Waals surface area (Å²) in [7, 11) is 0. The maximum absolute atomic E-state index is 13.4. The van der Waals surface area contributed by atoms with Gasteiger partial charge in [-0.15, -0.1) is 0 Å². The van der Waals surface area contributed by atoms with Crippen LogP contribution in [0.15, 0.2) is 66.7 Å². The van der Waals surface area contributed by atoms with E-state index in [1.807, 2.05) is 24.3 Å². The minimum atomic E-state index is -1.23. The van der Waals surface area contributed by atoms with Crippen molar-refractivity contribution in [2.75, 3.05) is 4.90 Å². The van der Waals surface area contributed by atoms with Gasteiger partial charge in [-0.05, 0) is 78.8 Å². The van der Waals surface area contributed by atoms with Gasteiger partial charge < -0.3 is 15.1 Å². The summed E-state index contributed by atoms with van der Waals surface area (Å²) in [5.74, 6) is 5.42. The number of amides is 1. The first-order valence-corrected chi connectivity index (χ1v) is 14.0. The molecule has 202 valence electrons. The summed E-state index contributed by atoms with van der Waals surface area (Å²) in [4.78, 5) is 26.6. The molecule has 1 amide bonds. The number of hydrogen-bond acceptors (Lipinski definition) is 3. The third-order valence-electron chi connectivity index (χ3n) is 7.48. The van der Waals surface area contributed by atoms with Gasteiger partial charge in [0.15, 0.2) is 0 Å². The monoisotopic (exact) mass is 523 g/mol. The van der Waals surface area contributed by atoms with E-state index < -0.39 is 5.97 Å². The van der Waals surface area contributed by atoms with Crippen molar-refractivity contribution in [1.82, 2.24) is 0 Å². The minimum absolute atomic E-state index is 0.0461. The van der Waals surface area contributed by atoms with E-state index in [1.54, 1.807) is 11.0 Å². The van der Waals surface area contributed by atoms with Crippen molar-refractivity contribution in [3.8, 4) is 17.6 Å². The van der Waals surface area contributed by atoms with E-state index in [2.05, 4.69) is 43.0 Å². The molecule has 5 heteroatoms. The molecule has 39 heavy (non-hydrogen) atoms. The Balaban J connectivity index is 1.48. The van der Waals surface area contributed by atoms with Gasteiger partial charge in [-0.2, -0.15) is 0 Å². The first-order valence-electron chi connectivity index (χ1n) is 14.0. The molecule has 0 heterocycles. The van der Waals surface area contributed by atoms with Crippen LogP contribution in [-0.4, -0.2) is 22.1 Å². The molecule has 2 N–H and O–H groups in total. The zero-order valence-electron chi connectivity index (χ0n) is 22.7. The Kier molecular flexibility index (Phi) is 9.80. The van der Waals surface area contributed by atoms with Gasteiger partial charge in [-0.25, -0.2) is 4.79 Å². The van der Waals surface area contributed by atoms with Gasteiger partial charge in [0.1, 0.15) is 11.3 Å². The number of unbranched alkanes of at least 4 members (excludes halogenated alkanes) is 1. The van der Waals surface area contributed by atoms with Gasteiger partial charge in [0.25, 0.3) is 0 Å². The quantitative estimate of drug-likeness (QED) is 0.273. The number of carboxylic acid groups (broad SMARTS) is 1. The second-order valence-electron chi connectivity index (χ2n) is 10.4. The molecule has 3 aromatic rings. The number of carbonyl (C=O) groups is 2. The van der Waals surface area contributed by atoms with E-state index >= 15 is 0 Å². The van der Waals surface area contributed by atoms with Gasteiger partial charge in [0, 0.05) is 23.2 Å². The van der Waals surface area contributed by atoms with Crippen molar-refractivity contribution in [3.05, 3.63) is 94.5 Å². The van der Waals surface area contributed by atoms with Crippen LogP contribution in [0.2, 0.25) is 0 Å². The molecule has 0 bridgehead atoms. The highest BCUT2D eigenvalue weighted by Gasteiger charge is 2.22. The Bertz CT molecular complexity index is 1330. The predicted octanol–water partition coefficient (Wildman–Crippen LogP) is 7.34. The lowest BCUT2D eigenvalue weighted by atomic mass is 10.0. The lowest BCUT2D eigenvalue weighted by Crippen LogP contribution is -2.30. The minimum Gasteiger partial charge on any atom is -0.507 e. The number of hydrogen-bond donors (Lipinski definition) is 2. The van der Waals surface area contributed by atoms with Crippen LogP contribution >= 0.6 is 0 Å². The van der Waals surface area contributed by atoms with Crippen LogP contribution in [0.1, 0.15) is 90.9 Å². The maximum Gasteiger partial charge on any atom is 0.339 e. The second kappa shape index (κ2) is 13.7. The molecular formula is C34H37NO4. The highest BCUT2D eigenvalue weighted by atomic mass is 16.4. The van der Waals surface area contributed by atoms with Crippen molar-refractivity contribution in [2.45, 2.75) is 71.3 Å². The van der Waals surface area contributed by atoms with Crippen LogP contribution in [0, 0.1) is 17.8 Å². The second-order valence-corrected chi connectivity index (χ2v) is 10.4. The Hall–Kier alpha value is -4.04. The third kappa shape index (κ3) is 7.97. The number of carboxylic acids is 1. The number of aryl methyl sites for hydroxylation is 1. The number of phenols is 1. The number of aromatic carboxylic acids is 1. The highest BCUT2D eigenvalue weighted by Crippen LogP contribution is 2.30. The van der Waals surface area contributed by atoms with Crippen molar-refractivity contribution >= 4 is 17.6 Å². The zero-order chi connectivity index (χ0) is 27.6. The first kappa shape index (κ1) is 28.0. The van der Waals surface area contributed by atoms with Crippen LogP contribution in [0.3, 0.4) is 0 Å². The molecule has 1 saturated carbocycles. The smallest absolute Gasteiger partial charge is 0.339 e. The van der Waals surface area contributed by atoms with Gasteiger partial charge >= 0.3 is 5.97 Å². The SMILES string of the molecule is CCCCc1ccc(C#Cc2ccc(CN(C(=O)CCC3CCCC3)c3ccc(O)c(C(=O)O)c3)cc2)cc1. The lowest BCUT2D eigenvalue weighted by Gasteiger charge is -2.24. The van der Waals surface area contributed by atoms with Gasteiger partial charge in [0.2, 0.25) is 5.91 Å². The third-order valence-corrected chi connectivity index (χ3v) is 7.48. The van der Waals surface area contributed by atoms with Crippen LogP contribution < -0.4 is 4.90 Å². The lowest BCUT2D eigenvalue weighted by molar-refractivity contribution is -0.119. The fourth-order valence-corrected chi connectivity index (χ4v) is 5.10. The summed E-state index contributed by atoms with van der Waals surface area (Å²) >= 11 is 0. The van der Waals surface area contributed by atoms with E-state index in [1.165, 1.54) is 56.2 Å². The molecule has 0 unspecified atom stereocenters. The fraction of sp³-hybridized carbons (Fsp3) is 0.353. The van der Waals surface area contributed by atoms with Crippen molar-refractivity contribution in [3.63, 3.8) is 0 Å². The molecule has 5 nitrogen and oxygen atoms in total. The van der Waals surface area contributed by atoms with Crippen LogP contribution in [0.25, 0.3) is 0 Å². The number of carbonyl (C=O) groups excluding carboxylic acids is 1. The first-order chi connectivity index (χ1) is 18.9. The average molecular weight is 524 g/mol. The standard InChI is InChI=1S/C34H37NO4/c1-2-3-6-26-9-11-27(12-10-26)13-14-28-15-17-29(18-16-28)24-35(33(37)22-19-25-7-4-5-8-25)30-20-21-32(36)31(23-30)34(38)39/h9-12,15-18,20-21,23,25,36H,2-8,19,22,24H2,1H3,(H,38,39). The molecule has 0 saturated heterocycles. The normalized spacial score (nSPS) is 13.1. The molecule has 0 spiro atoms. The Morgan fingerprint density at radius 3 is 2.10 bits per heavy atom. The number of aromatic hydroxyl groups is 1. The number of benzene rings is 3. The average Bonchev–Trinajstić information content (AvgIpc) is 3.48. The summed E-state index contributed by atoms with van der Waals surface area (Å²) in [5, 5.41) is 19.5. The molecule has 3 aromatic carbocycles.